The fraction of sp³-hybridized carbons (Fsp3) is 0.318. The summed E-state index contributed by atoms with van der Waals surface area (Å²) >= 11 is 0. The Balaban J connectivity index is 1.85. The molecule has 0 aliphatic rings. The van der Waals surface area contributed by atoms with E-state index in [1.165, 1.54) is 24.3 Å². The van der Waals surface area contributed by atoms with Crippen LogP contribution in [-0.4, -0.2) is 30.3 Å². The highest BCUT2D eigenvalue weighted by Crippen LogP contribution is 2.23. The fourth-order valence-electron chi connectivity index (χ4n) is 2.87. The third-order valence-electron chi connectivity index (χ3n) is 4.26. The third-order valence-corrected chi connectivity index (χ3v) is 5.65. The zero-order chi connectivity index (χ0) is 23.4. The zero-order valence-electron chi connectivity index (χ0n) is 17.9. The average molecular weight is 462 g/mol. The molecule has 1 heterocycles. The summed E-state index contributed by atoms with van der Waals surface area (Å²) in [5.41, 5.74) is 0.104. The van der Waals surface area contributed by atoms with Crippen LogP contribution in [0.5, 0.6) is 0 Å². The first kappa shape index (κ1) is 23.4. The average Bonchev–Trinajstić information content (AvgIpc) is 3.20. The lowest BCUT2D eigenvalue weighted by Crippen LogP contribution is -2.36. The molecule has 0 saturated carbocycles. The largest absolute Gasteiger partial charge is 0.444 e. The monoisotopic (exact) mass is 461 g/mol. The molecular formula is C22H24FN3O5S. The highest BCUT2D eigenvalue weighted by Gasteiger charge is 2.29. The second-order valence-corrected chi connectivity index (χ2v) is 10.0. The van der Waals surface area contributed by atoms with Crippen LogP contribution in [0.4, 0.5) is 9.18 Å². The molecule has 0 aliphatic carbocycles. The van der Waals surface area contributed by atoms with Crippen molar-refractivity contribution in [2.45, 2.75) is 49.8 Å². The van der Waals surface area contributed by atoms with Crippen molar-refractivity contribution < 1.29 is 26.8 Å². The standard InChI is InChI=1S/C22H24FN3O5S/c1-22(2,3)31-20(27)24-18(13-15-9-5-4-6-10-15)19-25-26-21(30-19)32(28,29)14-16-11-7-8-12-17(16)23/h4-12,18H,13-14H2,1-3H3,(H,24,27). The molecule has 8 nitrogen and oxygen atoms in total. The number of sulfone groups is 1. The summed E-state index contributed by atoms with van der Waals surface area (Å²) in [6.07, 6.45) is -0.456. The van der Waals surface area contributed by atoms with E-state index in [0.717, 1.165) is 5.56 Å². The van der Waals surface area contributed by atoms with Gasteiger partial charge < -0.3 is 14.5 Å². The van der Waals surface area contributed by atoms with Crippen LogP contribution in [-0.2, 0) is 26.7 Å². The number of amides is 1. The number of ether oxygens (including phenoxy) is 1. The number of carbonyl (C=O) groups excluding carboxylic acids is 1. The van der Waals surface area contributed by atoms with Gasteiger partial charge in [0.05, 0.1) is 5.75 Å². The minimum atomic E-state index is -4.10. The lowest BCUT2D eigenvalue weighted by Gasteiger charge is -2.22. The van der Waals surface area contributed by atoms with Crippen LogP contribution in [0.1, 0.15) is 43.8 Å². The van der Waals surface area contributed by atoms with Gasteiger partial charge in [-0.25, -0.2) is 17.6 Å². The van der Waals surface area contributed by atoms with Crippen molar-refractivity contribution in [1.82, 2.24) is 15.5 Å². The van der Waals surface area contributed by atoms with Crippen LogP contribution in [0.3, 0.4) is 0 Å². The molecule has 1 N–H and O–H groups in total. The molecule has 3 rings (SSSR count). The molecule has 32 heavy (non-hydrogen) atoms. The van der Waals surface area contributed by atoms with E-state index in [-0.39, 0.29) is 17.9 Å². The summed E-state index contributed by atoms with van der Waals surface area (Å²) < 4.78 is 50.0. The quantitative estimate of drug-likeness (QED) is 0.566. The van der Waals surface area contributed by atoms with E-state index in [2.05, 4.69) is 15.5 Å². The van der Waals surface area contributed by atoms with Crippen LogP contribution < -0.4 is 5.32 Å². The second kappa shape index (κ2) is 9.47. The van der Waals surface area contributed by atoms with E-state index in [0.29, 0.717) is 0 Å². The normalized spacial score (nSPS) is 12.9. The van der Waals surface area contributed by atoms with Gasteiger partial charge in [-0.05, 0) is 32.4 Å². The smallest absolute Gasteiger partial charge is 0.408 e. The highest BCUT2D eigenvalue weighted by molar-refractivity contribution is 7.90. The summed E-state index contributed by atoms with van der Waals surface area (Å²) in [5.74, 6) is -1.39. The minimum absolute atomic E-state index is 0.0139. The van der Waals surface area contributed by atoms with Crippen molar-refractivity contribution in [2.75, 3.05) is 0 Å². The van der Waals surface area contributed by atoms with Crippen molar-refractivity contribution in [3.8, 4) is 0 Å². The van der Waals surface area contributed by atoms with Crippen LogP contribution in [0.25, 0.3) is 0 Å². The molecule has 1 amide bonds. The number of hydrogen-bond acceptors (Lipinski definition) is 7. The van der Waals surface area contributed by atoms with Gasteiger partial charge in [0.2, 0.25) is 15.7 Å². The summed E-state index contributed by atoms with van der Waals surface area (Å²) in [6.45, 7) is 5.16. The van der Waals surface area contributed by atoms with Crippen molar-refractivity contribution in [2.24, 2.45) is 0 Å². The van der Waals surface area contributed by atoms with Gasteiger partial charge in [-0.2, -0.15) is 0 Å². The van der Waals surface area contributed by atoms with Gasteiger partial charge in [-0.15, -0.1) is 5.10 Å². The number of carbonyl (C=O) groups is 1. The zero-order valence-corrected chi connectivity index (χ0v) is 18.7. The molecule has 0 saturated heterocycles. The Labute approximate surface area is 185 Å². The lowest BCUT2D eigenvalue weighted by atomic mass is 10.1. The Morgan fingerprint density at radius 2 is 1.75 bits per heavy atom. The molecule has 0 aliphatic heterocycles. The number of alkyl carbamates (subject to hydrolysis) is 1. The molecule has 170 valence electrons. The van der Waals surface area contributed by atoms with Crippen LogP contribution >= 0.6 is 0 Å². The first-order valence-corrected chi connectivity index (χ1v) is 11.5. The minimum Gasteiger partial charge on any atom is -0.444 e. The van der Waals surface area contributed by atoms with Gasteiger partial charge in [0.15, 0.2) is 0 Å². The molecule has 1 atom stereocenters. The summed E-state index contributed by atoms with van der Waals surface area (Å²) in [5, 5.41) is 9.47. The number of rotatable bonds is 7. The number of aromatic nitrogens is 2. The Kier molecular flexibility index (Phi) is 6.93. The first-order valence-electron chi connectivity index (χ1n) is 9.86. The Morgan fingerprint density at radius 3 is 2.41 bits per heavy atom. The Morgan fingerprint density at radius 1 is 1.09 bits per heavy atom. The van der Waals surface area contributed by atoms with E-state index < -0.39 is 44.4 Å². The molecule has 3 aromatic rings. The molecule has 0 radical (unpaired) electrons. The maximum absolute atomic E-state index is 13.9. The molecule has 1 aromatic heterocycles. The lowest BCUT2D eigenvalue weighted by molar-refractivity contribution is 0.0494. The second-order valence-electron chi connectivity index (χ2n) is 8.15. The van der Waals surface area contributed by atoms with Gasteiger partial charge in [0.1, 0.15) is 17.5 Å². The van der Waals surface area contributed by atoms with Gasteiger partial charge in [0, 0.05) is 12.0 Å². The molecule has 0 bridgehead atoms. The topological polar surface area (TPSA) is 111 Å². The maximum atomic E-state index is 13.9. The number of nitrogens with one attached hydrogen (secondary N) is 1. The molecule has 10 heteroatoms. The van der Waals surface area contributed by atoms with Crippen molar-refractivity contribution >= 4 is 15.9 Å². The van der Waals surface area contributed by atoms with Crippen LogP contribution in [0.2, 0.25) is 0 Å². The number of nitrogens with zero attached hydrogens (tertiary/aromatic N) is 2. The predicted octanol–water partition coefficient (Wildman–Crippen LogP) is 3.99. The van der Waals surface area contributed by atoms with Crippen LogP contribution in [0, 0.1) is 5.82 Å². The van der Waals surface area contributed by atoms with Gasteiger partial charge in [-0.1, -0.05) is 53.6 Å². The van der Waals surface area contributed by atoms with Crippen molar-refractivity contribution in [3.05, 3.63) is 77.4 Å². The number of benzene rings is 2. The van der Waals surface area contributed by atoms with E-state index in [1.54, 1.807) is 20.8 Å². The molecule has 0 fully saturated rings. The fourth-order valence-corrected chi connectivity index (χ4v) is 4.01. The highest BCUT2D eigenvalue weighted by atomic mass is 32.2. The maximum Gasteiger partial charge on any atom is 0.408 e. The van der Waals surface area contributed by atoms with E-state index in [9.17, 15) is 17.6 Å². The molecule has 1 unspecified atom stereocenters. The van der Waals surface area contributed by atoms with Gasteiger partial charge >= 0.3 is 11.3 Å². The van der Waals surface area contributed by atoms with Gasteiger partial charge in [-0.3, -0.25) is 0 Å². The summed E-state index contributed by atoms with van der Waals surface area (Å²) in [7, 11) is -4.10. The molecule has 2 aromatic carbocycles. The number of halogens is 1. The third kappa shape index (κ3) is 6.36. The SMILES string of the molecule is CC(C)(C)OC(=O)NC(Cc1ccccc1)c1nnc(S(=O)(=O)Cc2ccccc2F)o1. The predicted molar refractivity (Wildman–Crippen MR) is 114 cm³/mol. The summed E-state index contributed by atoms with van der Waals surface area (Å²) in [6, 6.07) is 13.9. The summed E-state index contributed by atoms with van der Waals surface area (Å²) in [4.78, 5) is 12.3. The van der Waals surface area contributed by atoms with E-state index in [1.807, 2.05) is 30.3 Å². The molecular weight excluding hydrogens is 437 g/mol. The number of hydrogen-bond donors (Lipinski definition) is 1. The molecule has 0 spiro atoms. The van der Waals surface area contributed by atoms with E-state index >= 15 is 0 Å². The van der Waals surface area contributed by atoms with E-state index in [4.69, 9.17) is 9.15 Å². The first-order chi connectivity index (χ1) is 15.0. The van der Waals surface area contributed by atoms with Crippen LogP contribution in [0.15, 0.2) is 64.2 Å². The Bertz CT molecular complexity index is 1170. The van der Waals surface area contributed by atoms with Crippen molar-refractivity contribution in [1.29, 1.82) is 0 Å². The van der Waals surface area contributed by atoms with Crippen molar-refractivity contribution in [3.63, 3.8) is 0 Å². The van der Waals surface area contributed by atoms with Gasteiger partial charge in [0.25, 0.3) is 0 Å². The Hall–Kier alpha value is -3.27.